The summed E-state index contributed by atoms with van der Waals surface area (Å²) in [6, 6.07) is 0. The van der Waals surface area contributed by atoms with Crippen molar-refractivity contribution < 1.29 is 9.53 Å². The molecule has 0 fully saturated rings. The zero-order valence-electron chi connectivity index (χ0n) is 9.89. The second-order valence-corrected chi connectivity index (χ2v) is 5.18. The van der Waals surface area contributed by atoms with Gasteiger partial charge in [0.15, 0.2) is 0 Å². The first kappa shape index (κ1) is 21.9. The first-order valence-corrected chi connectivity index (χ1v) is 6.90. The van der Waals surface area contributed by atoms with Crippen LogP contribution in [0.15, 0.2) is 0 Å². The summed E-state index contributed by atoms with van der Waals surface area (Å²) < 4.78 is 4.97. The molecule has 0 bridgehead atoms. The van der Waals surface area contributed by atoms with Crippen molar-refractivity contribution in [2.24, 2.45) is 5.73 Å². The molecule has 0 rings (SSSR count). The van der Waals surface area contributed by atoms with Crippen molar-refractivity contribution in [2.75, 3.05) is 23.7 Å². The zero-order chi connectivity index (χ0) is 12.3. The molecule has 0 heterocycles. The van der Waals surface area contributed by atoms with Gasteiger partial charge < -0.3 is 15.8 Å². The Balaban J connectivity index is -0.000000292. The first-order chi connectivity index (χ1) is 6.87. The Labute approximate surface area is 125 Å². The average Bonchev–Trinajstić information content (AvgIpc) is 2.12. The van der Waals surface area contributed by atoms with Crippen molar-refractivity contribution in [3.8, 4) is 0 Å². The van der Waals surface area contributed by atoms with Crippen LogP contribution in [-0.4, -0.2) is 35.4 Å². The number of carbonyl (C=O) groups excluding carboxylic acids is 1. The van der Waals surface area contributed by atoms with Crippen LogP contribution in [0.4, 0.5) is 4.79 Å². The van der Waals surface area contributed by atoms with E-state index in [1.54, 1.807) is 0 Å². The van der Waals surface area contributed by atoms with E-state index >= 15 is 0 Å². The maximum absolute atomic E-state index is 10.9. The highest BCUT2D eigenvalue weighted by atomic mass is 79.9. The number of nitrogens with one attached hydrogen (secondary N) is 1. The van der Waals surface area contributed by atoms with E-state index in [9.17, 15) is 4.79 Å². The van der Waals surface area contributed by atoms with E-state index in [0.717, 1.165) is 17.2 Å². The summed E-state index contributed by atoms with van der Waals surface area (Å²) in [5.74, 6) is 0. The van der Waals surface area contributed by atoms with Crippen molar-refractivity contribution in [1.29, 1.82) is 0 Å². The molecule has 4 nitrogen and oxygen atoms in total. The third-order valence-corrected chi connectivity index (χ3v) is 1.73. The summed E-state index contributed by atoms with van der Waals surface area (Å²) in [4.78, 5) is 10.9. The molecule has 0 aromatic rings. The van der Waals surface area contributed by atoms with E-state index in [0.29, 0.717) is 6.54 Å². The van der Waals surface area contributed by atoms with Crippen LogP contribution in [0.1, 0.15) is 20.8 Å². The highest BCUT2D eigenvalue weighted by Gasteiger charge is 2.14. The summed E-state index contributed by atoms with van der Waals surface area (Å²) in [6.07, 6.45) is -0.364. The quantitative estimate of drug-likeness (QED) is 0.679. The number of amides is 1. The van der Waals surface area contributed by atoms with Crippen LogP contribution in [0.25, 0.3) is 0 Å². The number of halogens is 3. The Bertz CT molecular complexity index is 161. The molecule has 0 radical (unpaired) electrons. The molecule has 0 aromatic heterocycles. The molecule has 1 amide bonds. The maximum Gasteiger partial charge on any atom is 0.407 e. The number of rotatable bonds is 3. The van der Waals surface area contributed by atoms with E-state index in [1.807, 2.05) is 20.8 Å². The Morgan fingerprint density at radius 1 is 1.31 bits per heavy atom. The second-order valence-electron chi connectivity index (χ2n) is 3.60. The fourth-order valence-electron chi connectivity index (χ4n) is 0.463. The standard InChI is InChI=1S/C7H14BrNO2.C2H6BrN.BrH/c1-7(2,3)11-6(10)9-5-4-8;3-1-2-4;/h4-5H2,1-3H3,(H,9,10);1-2,4H2;1H. The largest absolute Gasteiger partial charge is 0.444 e. The third-order valence-electron chi connectivity index (χ3n) is 0.872. The van der Waals surface area contributed by atoms with Gasteiger partial charge in [-0.05, 0) is 20.8 Å². The fourth-order valence-corrected chi connectivity index (χ4v) is 0.662. The van der Waals surface area contributed by atoms with Gasteiger partial charge in [0, 0.05) is 23.7 Å². The molecule has 0 aliphatic heterocycles. The van der Waals surface area contributed by atoms with Gasteiger partial charge in [-0.15, -0.1) is 17.0 Å². The van der Waals surface area contributed by atoms with Gasteiger partial charge in [0.2, 0.25) is 0 Å². The number of hydrogen-bond donors (Lipinski definition) is 2. The summed E-state index contributed by atoms with van der Waals surface area (Å²) in [5, 5.41) is 4.23. The summed E-state index contributed by atoms with van der Waals surface area (Å²) in [6.45, 7) is 6.83. The van der Waals surface area contributed by atoms with Crippen LogP contribution < -0.4 is 11.1 Å². The number of ether oxygens (including phenoxy) is 1. The Hall–Kier alpha value is 0.670. The van der Waals surface area contributed by atoms with Crippen LogP contribution in [0.2, 0.25) is 0 Å². The van der Waals surface area contributed by atoms with E-state index < -0.39 is 5.60 Å². The smallest absolute Gasteiger partial charge is 0.407 e. The molecule has 0 unspecified atom stereocenters. The predicted molar refractivity (Wildman–Crippen MR) is 81.2 cm³/mol. The minimum Gasteiger partial charge on any atom is -0.444 e. The lowest BCUT2D eigenvalue weighted by atomic mass is 10.2. The van der Waals surface area contributed by atoms with E-state index in [4.69, 9.17) is 10.5 Å². The molecule has 7 heteroatoms. The van der Waals surface area contributed by atoms with Crippen molar-refractivity contribution in [1.82, 2.24) is 5.32 Å². The number of carbonyl (C=O) groups is 1. The summed E-state index contributed by atoms with van der Waals surface area (Å²) in [7, 11) is 0. The number of nitrogens with two attached hydrogens (primary N) is 1. The van der Waals surface area contributed by atoms with E-state index in [-0.39, 0.29) is 23.1 Å². The molecule has 100 valence electrons. The van der Waals surface area contributed by atoms with Crippen LogP contribution in [-0.2, 0) is 4.74 Å². The van der Waals surface area contributed by atoms with Crippen molar-refractivity contribution >= 4 is 54.9 Å². The monoisotopic (exact) mass is 426 g/mol. The number of alkyl halides is 2. The lowest BCUT2D eigenvalue weighted by Crippen LogP contribution is -2.33. The molecule has 0 saturated carbocycles. The normalized spacial score (nSPS) is 9.38. The molecule has 3 N–H and O–H groups in total. The van der Waals surface area contributed by atoms with Gasteiger partial charge in [0.05, 0.1) is 0 Å². The van der Waals surface area contributed by atoms with Gasteiger partial charge in [-0.1, -0.05) is 31.9 Å². The molecule has 0 spiro atoms. The summed E-state index contributed by atoms with van der Waals surface area (Å²) in [5.41, 5.74) is 4.57. The fraction of sp³-hybridized carbons (Fsp3) is 0.889. The minimum absolute atomic E-state index is 0. The van der Waals surface area contributed by atoms with E-state index in [2.05, 4.69) is 37.2 Å². The topological polar surface area (TPSA) is 64.3 Å². The second kappa shape index (κ2) is 13.7. The highest BCUT2D eigenvalue weighted by molar-refractivity contribution is 9.09. The molecule has 16 heavy (non-hydrogen) atoms. The van der Waals surface area contributed by atoms with Crippen LogP contribution in [0, 0.1) is 0 Å². The molecular weight excluding hydrogens is 408 g/mol. The highest BCUT2D eigenvalue weighted by Crippen LogP contribution is 2.05. The SMILES string of the molecule is Br.CC(C)(C)OC(=O)NCCBr.NCCBr. The van der Waals surface area contributed by atoms with Crippen molar-refractivity contribution in [2.45, 2.75) is 26.4 Å². The molecule has 0 aliphatic carbocycles. The Kier molecular flexibility index (Phi) is 18.8. The molecule has 0 aromatic carbocycles. The van der Waals surface area contributed by atoms with Crippen LogP contribution in [0.5, 0.6) is 0 Å². The lowest BCUT2D eigenvalue weighted by molar-refractivity contribution is 0.0531. The van der Waals surface area contributed by atoms with Crippen molar-refractivity contribution in [3.63, 3.8) is 0 Å². The third kappa shape index (κ3) is 24.1. The zero-order valence-corrected chi connectivity index (χ0v) is 14.8. The summed E-state index contributed by atoms with van der Waals surface area (Å²) >= 11 is 6.31. The average molecular weight is 429 g/mol. The van der Waals surface area contributed by atoms with Crippen LogP contribution in [0.3, 0.4) is 0 Å². The maximum atomic E-state index is 10.9. The molecular formula is C9H21Br3N2O2. The van der Waals surface area contributed by atoms with Gasteiger partial charge >= 0.3 is 6.09 Å². The van der Waals surface area contributed by atoms with Gasteiger partial charge in [-0.3, -0.25) is 0 Å². The predicted octanol–water partition coefficient (Wildman–Crippen LogP) is 2.82. The lowest BCUT2D eigenvalue weighted by Gasteiger charge is -2.19. The van der Waals surface area contributed by atoms with E-state index in [1.165, 1.54) is 0 Å². The molecule has 0 aliphatic rings. The number of hydrogen-bond acceptors (Lipinski definition) is 3. The van der Waals surface area contributed by atoms with Gasteiger partial charge in [-0.25, -0.2) is 4.79 Å². The Morgan fingerprint density at radius 3 is 2.00 bits per heavy atom. The minimum atomic E-state index is -0.406. The first-order valence-electron chi connectivity index (χ1n) is 4.66. The molecule has 0 atom stereocenters. The van der Waals surface area contributed by atoms with Gasteiger partial charge in [-0.2, -0.15) is 0 Å². The van der Waals surface area contributed by atoms with Gasteiger partial charge in [0.1, 0.15) is 5.60 Å². The number of alkyl carbamates (subject to hydrolysis) is 1. The molecule has 0 saturated heterocycles. The Morgan fingerprint density at radius 2 is 1.75 bits per heavy atom. The van der Waals surface area contributed by atoms with Gasteiger partial charge in [0.25, 0.3) is 0 Å². The van der Waals surface area contributed by atoms with Crippen molar-refractivity contribution in [3.05, 3.63) is 0 Å². The van der Waals surface area contributed by atoms with Crippen LogP contribution >= 0.6 is 48.8 Å².